The van der Waals surface area contributed by atoms with Gasteiger partial charge < -0.3 is 14.2 Å². The molecule has 0 saturated heterocycles. The maximum atomic E-state index is 12.9. The second-order valence-corrected chi connectivity index (χ2v) is 23.8. The number of hydrogen-bond acceptors (Lipinski definition) is 6. The van der Waals surface area contributed by atoms with E-state index in [1.54, 1.807) is 6.08 Å². The van der Waals surface area contributed by atoms with Crippen molar-refractivity contribution in [1.82, 2.24) is 0 Å². The van der Waals surface area contributed by atoms with Gasteiger partial charge in [-0.1, -0.05) is 350 Å². The molecule has 0 rings (SSSR count). The van der Waals surface area contributed by atoms with Crippen LogP contribution >= 0.6 is 0 Å². The van der Waals surface area contributed by atoms with Crippen LogP contribution in [-0.2, 0) is 28.6 Å². The van der Waals surface area contributed by atoms with E-state index in [1.807, 2.05) is 6.08 Å². The second kappa shape index (κ2) is 70.1. The number of ether oxygens (including phenoxy) is 3. The Kier molecular flexibility index (Phi) is 67.2. The van der Waals surface area contributed by atoms with Crippen LogP contribution in [0.3, 0.4) is 0 Å². The lowest BCUT2D eigenvalue weighted by molar-refractivity contribution is -0.166. The number of esters is 3. The molecule has 0 aliphatic heterocycles. The van der Waals surface area contributed by atoms with Crippen molar-refractivity contribution in [1.29, 1.82) is 0 Å². The van der Waals surface area contributed by atoms with E-state index in [0.717, 1.165) is 77.0 Å². The molecule has 0 aromatic heterocycles. The Hall–Kier alpha value is -3.41. The molecule has 0 amide bonds. The quantitative estimate of drug-likeness (QED) is 0.0261. The van der Waals surface area contributed by atoms with E-state index in [0.29, 0.717) is 12.8 Å². The van der Waals surface area contributed by atoms with Gasteiger partial charge in [0.05, 0.1) is 6.42 Å². The fourth-order valence-corrected chi connectivity index (χ4v) is 10.4. The van der Waals surface area contributed by atoms with Gasteiger partial charge in [0.1, 0.15) is 13.2 Å². The van der Waals surface area contributed by atoms with E-state index in [9.17, 15) is 14.4 Å². The number of allylic oxidation sites excluding steroid dienone is 13. The molecule has 0 bridgehead atoms. The average Bonchev–Trinajstić information content (AvgIpc) is 3.47. The van der Waals surface area contributed by atoms with Gasteiger partial charge in [-0.3, -0.25) is 14.4 Å². The molecule has 1 unspecified atom stereocenters. The zero-order chi connectivity index (χ0) is 59.2. The van der Waals surface area contributed by atoms with E-state index in [4.69, 9.17) is 14.2 Å². The molecule has 0 saturated carbocycles. The van der Waals surface area contributed by atoms with Gasteiger partial charge >= 0.3 is 17.9 Å². The van der Waals surface area contributed by atoms with Crippen LogP contribution in [0.5, 0.6) is 0 Å². The maximum Gasteiger partial charge on any atom is 0.309 e. The third kappa shape index (κ3) is 67.4. The molecule has 0 aromatic carbocycles. The minimum absolute atomic E-state index is 0.105. The normalized spacial score (nSPS) is 12.6. The zero-order valence-electron chi connectivity index (χ0n) is 54.5. The first-order valence-electron chi connectivity index (χ1n) is 35.6. The molecule has 0 aliphatic carbocycles. The largest absolute Gasteiger partial charge is 0.462 e. The van der Waals surface area contributed by atoms with Crippen LogP contribution in [-0.4, -0.2) is 37.2 Å². The SMILES string of the molecule is CC/C=C\C/C=C\C/C=C\C/C=C\C/C=C\CC(=O)OCC(COC(=O)CCCCCCCCCCCCCCCCCCCCCCCCCCCCCCCC)OC(=O)CCCCCCCCCCC/C=C\C/C=C\CCCCC. The Bertz CT molecular complexity index is 1550. The topological polar surface area (TPSA) is 78.9 Å². The number of carbonyl (C=O) groups is 3. The monoisotopic (exact) mass is 1140 g/mol. The highest BCUT2D eigenvalue weighted by Crippen LogP contribution is 2.18. The Labute approximate surface area is 509 Å². The van der Waals surface area contributed by atoms with Crippen molar-refractivity contribution in [2.24, 2.45) is 0 Å². The molecule has 0 fully saturated rings. The van der Waals surface area contributed by atoms with Crippen molar-refractivity contribution in [3.05, 3.63) is 85.1 Å². The highest BCUT2D eigenvalue weighted by atomic mass is 16.6. The van der Waals surface area contributed by atoms with Crippen molar-refractivity contribution in [3.8, 4) is 0 Å². The van der Waals surface area contributed by atoms with Crippen LogP contribution in [0.25, 0.3) is 0 Å². The van der Waals surface area contributed by atoms with E-state index in [-0.39, 0.29) is 31.6 Å². The van der Waals surface area contributed by atoms with Gasteiger partial charge in [-0.2, -0.15) is 0 Å². The predicted octanol–water partition coefficient (Wildman–Crippen LogP) is 24.6. The van der Waals surface area contributed by atoms with Crippen molar-refractivity contribution in [2.45, 2.75) is 367 Å². The molecule has 0 heterocycles. The number of rotatable bonds is 65. The van der Waals surface area contributed by atoms with Gasteiger partial charge in [0.2, 0.25) is 0 Å². The molecule has 0 radical (unpaired) electrons. The summed E-state index contributed by atoms with van der Waals surface area (Å²) >= 11 is 0. The zero-order valence-corrected chi connectivity index (χ0v) is 54.5. The fourth-order valence-electron chi connectivity index (χ4n) is 10.4. The summed E-state index contributed by atoms with van der Waals surface area (Å²) in [6.45, 7) is 6.46. The summed E-state index contributed by atoms with van der Waals surface area (Å²) in [5, 5.41) is 0. The third-order valence-electron chi connectivity index (χ3n) is 15.7. The second-order valence-electron chi connectivity index (χ2n) is 23.8. The molecule has 6 nitrogen and oxygen atoms in total. The van der Waals surface area contributed by atoms with Crippen LogP contribution in [0.1, 0.15) is 361 Å². The highest BCUT2D eigenvalue weighted by molar-refractivity contribution is 5.72. The molecule has 0 aliphatic rings. The van der Waals surface area contributed by atoms with E-state index >= 15 is 0 Å². The van der Waals surface area contributed by atoms with E-state index in [2.05, 4.69) is 93.7 Å². The van der Waals surface area contributed by atoms with Crippen LogP contribution in [0, 0.1) is 0 Å². The van der Waals surface area contributed by atoms with Crippen LogP contribution in [0.2, 0.25) is 0 Å². The fraction of sp³-hybridized carbons (Fsp3) is 0.776. The van der Waals surface area contributed by atoms with Gasteiger partial charge in [-0.05, 0) is 77.0 Å². The number of carbonyl (C=O) groups excluding carboxylic acids is 3. The molecule has 474 valence electrons. The highest BCUT2D eigenvalue weighted by Gasteiger charge is 2.19. The Balaban J connectivity index is 4.27. The molecule has 1 atom stereocenters. The van der Waals surface area contributed by atoms with Gasteiger partial charge in [0.15, 0.2) is 6.10 Å². The van der Waals surface area contributed by atoms with E-state index in [1.165, 1.54) is 244 Å². The van der Waals surface area contributed by atoms with Crippen LogP contribution < -0.4 is 0 Å². The number of unbranched alkanes of at least 4 members (excludes halogenated alkanes) is 41. The summed E-state index contributed by atoms with van der Waals surface area (Å²) < 4.78 is 16.9. The summed E-state index contributed by atoms with van der Waals surface area (Å²) in [6, 6.07) is 0. The lowest BCUT2D eigenvalue weighted by Crippen LogP contribution is -2.30. The van der Waals surface area contributed by atoms with Crippen molar-refractivity contribution >= 4 is 17.9 Å². The van der Waals surface area contributed by atoms with Gasteiger partial charge in [0, 0.05) is 12.8 Å². The van der Waals surface area contributed by atoms with Crippen LogP contribution in [0.4, 0.5) is 0 Å². The molecule has 0 spiro atoms. The van der Waals surface area contributed by atoms with Gasteiger partial charge in [-0.15, -0.1) is 0 Å². The average molecular weight is 1140 g/mol. The summed E-state index contributed by atoms with van der Waals surface area (Å²) in [4.78, 5) is 38.3. The lowest BCUT2D eigenvalue weighted by Gasteiger charge is -2.18. The molecular weight excluding hydrogens is 1010 g/mol. The van der Waals surface area contributed by atoms with Crippen LogP contribution in [0.15, 0.2) is 85.1 Å². The maximum absolute atomic E-state index is 12.9. The summed E-state index contributed by atoms with van der Waals surface area (Å²) in [5.41, 5.74) is 0. The standard InChI is InChI=1S/C76H134O6/c1-4-7-10-13-16-19-22-25-28-30-32-33-34-35-36-37-38-39-40-41-42-44-45-48-51-54-57-60-63-66-69-75(78)81-72-73(71-80-74(77)68-65-62-59-56-53-50-47-27-24-21-18-15-12-9-6-3)82-76(79)70-67-64-61-58-55-52-49-46-43-31-29-26-23-20-17-14-11-8-5-2/h9,12,17-18,20-21,26-27,29,47,53,56,62,65,73H,4-8,10-11,13-16,19,22-25,28,30-46,48-52,54-55,57-61,63-64,66-72H2,1-3H3/b12-9-,20-17-,21-18-,29-26-,47-27-,56-53-,65-62-. The smallest absolute Gasteiger partial charge is 0.309 e. The molecular formula is C76H134O6. The van der Waals surface area contributed by atoms with Crippen molar-refractivity contribution in [2.75, 3.05) is 13.2 Å². The Morgan fingerprint density at radius 3 is 0.878 bits per heavy atom. The van der Waals surface area contributed by atoms with Gasteiger partial charge in [-0.25, -0.2) is 0 Å². The summed E-state index contributed by atoms with van der Waals surface area (Å²) in [5.74, 6) is -1.03. The summed E-state index contributed by atoms with van der Waals surface area (Å²) in [6.07, 6.45) is 93.7. The Morgan fingerprint density at radius 1 is 0.268 bits per heavy atom. The first kappa shape index (κ1) is 78.6. The third-order valence-corrected chi connectivity index (χ3v) is 15.7. The van der Waals surface area contributed by atoms with Gasteiger partial charge in [0.25, 0.3) is 0 Å². The molecule has 82 heavy (non-hydrogen) atoms. The van der Waals surface area contributed by atoms with Crippen molar-refractivity contribution < 1.29 is 28.6 Å². The predicted molar refractivity (Wildman–Crippen MR) is 358 cm³/mol. The lowest BCUT2D eigenvalue weighted by atomic mass is 10.0. The molecule has 0 aromatic rings. The first-order chi connectivity index (χ1) is 40.5. The summed E-state index contributed by atoms with van der Waals surface area (Å²) in [7, 11) is 0. The minimum Gasteiger partial charge on any atom is -0.462 e. The minimum atomic E-state index is -0.820. The Morgan fingerprint density at radius 2 is 0.524 bits per heavy atom. The number of hydrogen-bond donors (Lipinski definition) is 0. The van der Waals surface area contributed by atoms with Crippen molar-refractivity contribution in [3.63, 3.8) is 0 Å². The molecule has 6 heteroatoms. The molecule has 0 N–H and O–H groups in total. The first-order valence-corrected chi connectivity index (χ1v) is 35.6. The van der Waals surface area contributed by atoms with E-state index < -0.39 is 12.1 Å².